The van der Waals surface area contributed by atoms with Gasteiger partial charge in [-0.05, 0) is 45.1 Å². The molecule has 3 atom stereocenters. The number of aliphatic hydroxyl groups excluding tert-OH is 1. The van der Waals surface area contributed by atoms with E-state index in [1.54, 1.807) is 0 Å². The molecule has 0 aliphatic carbocycles. The minimum absolute atomic E-state index is 0.218. The van der Waals surface area contributed by atoms with Crippen molar-refractivity contribution in [2.75, 3.05) is 26.2 Å². The molecule has 3 unspecified atom stereocenters. The molecule has 0 bridgehead atoms. The Kier molecular flexibility index (Phi) is 5.22. The van der Waals surface area contributed by atoms with Crippen molar-refractivity contribution < 1.29 is 9.90 Å². The maximum atomic E-state index is 12.2. The fourth-order valence-electron chi connectivity index (χ4n) is 3.59. The van der Waals surface area contributed by atoms with E-state index in [0.717, 1.165) is 32.5 Å². The van der Waals surface area contributed by atoms with Crippen LogP contribution in [0.4, 0.5) is 0 Å². The van der Waals surface area contributed by atoms with Crippen LogP contribution < -0.4 is 0 Å². The second kappa shape index (κ2) is 6.71. The van der Waals surface area contributed by atoms with Crippen LogP contribution in [-0.2, 0) is 4.79 Å². The van der Waals surface area contributed by atoms with Crippen LogP contribution in [0.2, 0.25) is 0 Å². The van der Waals surface area contributed by atoms with Gasteiger partial charge in [0.05, 0.1) is 6.61 Å². The number of amides is 1. The van der Waals surface area contributed by atoms with Crippen molar-refractivity contribution in [1.82, 2.24) is 9.80 Å². The average Bonchev–Trinajstić information content (AvgIpc) is 2.82. The lowest BCUT2D eigenvalue weighted by Gasteiger charge is -2.39. The molecule has 2 fully saturated rings. The summed E-state index contributed by atoms with van der Waals surface area (Å²) in [6.45, 7) is 7.33. The zero-order chi connectivity index (χ0) is 13.8. The van der Waals surface area contributed by atoms with Crippen LogP contribution in [0.3, 0.4) is 0 Å². The van der Waals surface area contributed by atoms with Gasteiger partial charge in [0.2, 0.25) is 5.91 Å². The minimum atomic E-state index is 0.218. The van der Waals surface area contributed by atoms with Crippen molar-refractivity contribution in [3.8, 4) is 0 Å². The summed E-state index contributed by atoms with van der Waals surface area (Å²) in [6, 6.07) is 0.666. The largest absolute Gasteiger partial charge is 0.395 e. The monoisotopic (exact) mass is 268 g/mol. The van der Waals surface area contributed by atoms with Crippen molar-refractivity contribution in [2.45, 2.75) is 58.0 Å². The Hall–Kier alpha value is -0.610. The predicted molar refractivity (Wildman–Crippen MR) is 75.9 cm³/mol. The van der Waals surface area contributed by atoms with Gasteiger partial charge in [0, 0.05) is 31.6 Å². The lowest BCUT2D eigenvalue weighted by molar-refractivity contribution is -0.132. The van der Waals surface area contributed by atoms with Gasteiger partial charge in [0.25, 0.3) is 0 Å². The van der Waals surface area contributed by atoms with Crippen LogP contribution in [0.1, 0.15) is 46.0 Å². The number of rotatable bonds is 4. The first-order valence-corrected chi connectivity index (χ1v) is 7.78. The number of likely N-dealkylation sites (tertiary alicyclic amines) is 2. The SMILES string of the molecule is CC1CCCN(CCC(=O)N2CCCC2C)C1CO. The highest BCUT2D eigenvalue weighted by atomic mass is 16.3. The van der Waals surface area contributed by atoms with E-state index in [1.807, 2.05) is 4.90 Å². The van der Waals surface area contributed by atoms with Gasteiger partial charge in [-0.1, -0.05) is 6.92 Å². The van der Waals surface area contributed by atoms with Crippen LogP contribution >= 0.6 is 0 Å². The lowest BCUT2D eigenvalue weighted by Crippen LogP contribution is -2.48. The summed E-state index contributed by atoms with van der Waals surface area (Å²) in [4.78, 5) is 16.6. The summed E-state index contributed by atoms with van der Waals surface area (Å²) >= 11 is 0. The molecule has 0 saturated carbocycles. The Morgan fingerprint density at radius 1 is 1.21 bits per heavy atom. The van der Waals surface area contributed by atoms with E-state index in [9.17, 15) is 9.90 Å². The second-order valence-electron chi connectivity index (χ2n) is 6.23. The molecule has 0 radical (unpaired) electrons. The first-order valence-electron chi connectivity index (χ1n) is 7.78. The highest BCUT2D eigenvalue weighted by molar-refractivity contribution is 5.77. The number of hydrogen-bond donors (Lipinski definition) is 1. The molecule has 1 amide bonds. The molecule has 4 heteroatoms. The number of hydrogen-bond acceptors (Lipinski definition) is 3. The molecule has 2 heterocycles. The predicted octanol–water partition coefficient (Wildman–Crippen LogP) is 1.48. The molecule has 110 valence electrons. The van der Waals surface area contributed by atoms with E-state index in [2.05, 4.69) is 18.7 Å². The van der Waals surface area contributed by atoms with Gasteiger partial charge in [-0.25, -0.2) is 0 Å². The van der Waals surface area contributed by atoms with E-state index >= 15 is 0 Å². The van der Waals surface area contributed by atoms with Crippen molar-refractivity contribution >= 4 is 5.91 Å². The maximum absolute atomic E-state index is 12.2. The Morgan fingerprint density at radius 3 is 2.58 bits per heavy atom. The Morgan fingerprint density at radius 2 is 1.95 bits per heavy atom. The fourth-order valence-corrected chi connectivity index (χ4v) is 3.59. The average molecular weight is 268 g/mol. The molecule has 2 rings (SSSR count). The number of carbonyl (C=O) groups excluding carboxylic acids is 1. The van der Waals surface area contributed by atoms with Gasteiger partial charge in [0.1, 0.15) is 0 Å². The van der Waals surface area contributed by atoms with Gasteiger partial charge in [-0.2, -0.15) is 0 Å². The Labute approximate surface area is 116 Å². The Balaban J connectivity index is 1.82. The summed E-state index contributed by atoms with van der Waals surface area (Å²) in [5, 5.41) is 9.51. The van der Waals surface area contributed by atoms with Crippen LogP contribution in [0, 0.1) is 5.92 Å². The summed E-state index contributed by atoms with van der Waals surface area (Å²) in [5.74, 6) is 0.833. The molecule has 1 N–H and O–H groups in total. The highest BCUT2D eigenvalue weighted by Crippen LogP contribution is 2.23. The van der Waals surface area contributed by atoms with Crippen LogP contribution in [0.25, 0.3) is 0 Å². The molecular formula is C15H28N2O2. The lowest BCUT2D eigenvalue weighted by atomic mass is 9.91. The van der Waals surface area contributed by atoms with Gasteiger partial charge >= 0.3 is 0 Å². The molecular weight excluding hydrogens is 240 g/mol. The van der Waals surface area contributed by atoms with E-state index in [-0.39, 0.29) is 12.6 Å². The number of carbonyl (C=O) groups is 1. The second-order valence-corrected chi connectivity index (χ2v) is 6.23. The minimum Gasteiger partial charge on any atom is -0.395 e. The van der Waals surface area contributed by atoms with E-state index in [4.69, 9.17) is 0 Å². The molecule has 0 spiro atoms. The quantitative estimate of drug-likeness (QED) is 0.840. The van der Waals surface area contributed by atoms with Gasteiger partial charge < -0.3 is 10.0 Å². The third-order valence-corrected chi connectivity index (χ3v) is 4.90. The first-order chi connectivity index (χ1) is 9.13. The van der Waals surface area contributed by atoms with E-state index in [1.165, 1.54) is 12.8 Å². The number of aliphatic hydroxyl groups is 1. The summed E-state index contributed by atoms with van der Waals surface area (Å²) in [5.41, 5.74) is 0. The van der Waals surface area contributed by atoms with Crippen molar-refractivity contribution in [2.24, 2.45) is 5.92 Å². The molecule has 4 nitrogen and oxygen atoms in total. The van der Waals surface area contributed by atoms with Gasteiger partial charge in [-0.3, -0.25) is 9.69 Å². The van der Waals surface area contributed by atoms with Crippen LogP contribution in [0.15, 0.2) is 0 Å². The normalized spacial score (nSPS) is 32.8. The van der Waals surface area contributed by atoms with E-state index < -0.39 is 0 Å². The fraction of sp³-hybridized carbons (Fsp3) is 0.933. The zero-order valence-electron chi connectivity index (χ0n) is 12.3. The third-order valence-electron chi connectivity index (χ3n) is 4.90. The van der Waals surface area contributed by atoms with Crippen molar-refractivity contribution in [1.29, 1.82) is 0 Å². The summed E-state index contributed by atoms with van der Waals surface area (Å²) < 4.78 is 0. The van der Waals surface area contributed by atoms with Gasteiger partial charge in [-0.15, -0.1) is 0 Å². The molecule has 2 saturated heterocycles. The molecule has 2 aliphatic rings. The third kappa shape index (κ3) is 3.48. The topological polar surface area (TPSA) is 43.8 Å². The van der Waals surface area contributed by atoms with Crippen LogP contribution in [0.5, 0.6) is 0 Å². The Bertz CT molecular complexity index is 309. The molecule has 0 aromatic carbocycles. The standard InChI is InChI=1S/C15H28N2O2/c1-12-5-3-8-16(14(12)11-18)10-7-15(19)17-9-4-6-13(17)2/h12-14,18H,3-11H2,1-2H3. The van der Waals surface area contributed by atoms with Crippen LogP contribution in [-0.4, -0.2) is 59.1 Å². The highest BCUT2D eigenvalue weighted by Gasteiger charge is 2.29. The molecule has 0 aromatic heterocycles. The van der Waals surface area contributed by atoms with E-state index in [0.29, 0.717) is 24.3 Å². The smallest absolute Gasteiger partial charge is 0.224 e. The zero-order valence-corrected chi connectivity index (χ0v) is 12.3. The first kappa shape index (κ1) is 14.8. The molecule has 19 heavy (non-hydrogen) atoms. The van der Waals surface area contributed by atoms with Crippen molar-refractivity contribution in [3.63, 3.8) is 0 Å². The molecule has 2 aliphatic heterocycles. The van der Waals surface area contributed by atoms with Gasteiger partial charge in [0.15, 0.2) is 0 Å². The molecule has 0 aromatic rings. The summed E-state index contributed by atoms with van der Waals surface area (Å²) in [6.07, 6.45) is 5.27. The summed E-state index contributed by atoms with van der Waals surface area (Å²) in [7, 11) is 0. The van der Waals surface area contributed by atoms with Crippen molar-refractivity contribution in [3.05, 3.63) is 0 Å². The maximum Gasteiger partial charge on any atom is 0.224 e. The number of piperidine rings is 1. The number of nitrogens with zero attached hydrogens (tertiary/aromatic N) is 2.